The van der Waals surface area contributed by atoms with Crippen LogP contribution in [0.15, 0.2) is 40.8 Å². The van der Waals surface area contributed by atoms with Gasteiger partial charge < -0.3 is 9.15 Å². The molecule has 0 atom stereocenters. The minimum absolute atomic E-state index is 0.108. The normalized spacial score (nSPS) is 10.6. The van der Waals surface area contributed by atoms with E-state index in [1.807, 2.05) is 6.07 Å². The first-order chi connectivity index (χ1) is 10.7. The summed E-state index contributed by atoms with van der Waals surface area (Å²) in [4.78, 5) is 27.7. The molecule has 112 valence electrons. The van der Waals surface area contributed by atoms with Crippen molar-refractivity contribution in [2.24, 2.45) is 0 Å². The molecule has 7 heteroatoms. The molecule has 0 fully saturated rings. The molecule has 1 aromatic carbocycles. The number of nitrogens with zero attached hydrogens (tertiary/aromatic N) is 1. The van der Waals surface area contributed by atoms with E-state index in [9.17, 15) is 9.59 Å². The number of ether oxygens (including phenoxy) is 1. The number of nitrogens with one attached hydrogen (secondary N) is 1. The molecule has 0 spiro atoms. The third-order valence-electron chi connectivity index (χ3n) is 2.82. The molecule has 3 rings (SSSR count). The number of aromatic nitrogens is 1. The Morgan fingerprint density at radius 3 is 2.77 bits per heavy atom. The lowest BCUT2D eigenvalue weighted by atomic mass is 10.2. The van der Waals surface area contributed by atoms with E-state index in [1.165, 1.54) is 11.3 Å². The van der Waals surface area contributed by atoms with E-state index < -0.39 is 5.97 Å². The molecule has 0 aliphatic rings. The van der Waals surface area contributed by atoms with E-state index >= 15 is 0 Å². The molecule has 3 aromatic rings. The third-order valence-corrected chi connectivity index (χ3v) is 3.72. The van der Waals surface area contributed by atoms with Crippen molar-refractivity contribution in [3.05, 3.63) is 47.7 Å². The fourth-order valence-electron chi connectivity index (χ4n) is 1.85. The maximum atomic E-state index is 12.0. The monoisotopic (exact) mass is 316 g/mol. The molecule has 22 heavy (non-hydrogen) atoms. The van der Waals surface area contributed by atoms with Crippen LogP contribution in [0, 0.1) is 0 Å². The fraction of sp³-hybridized carbons (Fsp3) is 0.133. The summed E-state index contributed by atoms with van der Waals surface area (Å²) in [6.07, 6.45) is 0. The highest BCUT2D eigenvalue weighted by Crippen LogP contribution is 2.29. The van der Waals surface area contributed by atoms with Crippen molar-refractivity contribution in [3.63, 3.8) is 0 Å². The number of carbonyl (C=O) groups excluding carboxylic acids is 2. The minimum atomic E-state index is -0.525. The van der Waals surface area contributed by atoms with Crippen LogP contribution < -0.4 is 5.32 Å². The number of benzene rings is 1. The largest absolute Gasteiger partial charge is 0.460 e. The minimum Gasteiger partial charge on any atom is -0.460 e. The molecule has 0 saturated carbocycles. The molecule has 0 aliphatic carbocycles. The van der Waals surface area contributed by atoms with Gasteiger partial charge in [-0.05, 0) is 19.1 Å². The summed E-state index contributed by atoms with van der Waals surface area (Å²) in [5.41, 5.74) is 0.845. The van der Waals surface area contributed by atoms with Crippen molar-refractivity contribution >= 4 is 38.8 Å². The SMILES string of the molecule is CCOC(=O)c1cc2sc(NC(=O)c3ccccc3)nc2o1. The first-order valence-corrected chi connectivity index (χ1v) is 7.43. The first-order valence-electron chi connectivity index (χ1n) is 6.61. The van der Waals surface area contributed by atoms with Gasteiger partial charge in [0.15, 0.2) is 5.13 Å². The molecule has 2 heterocycles. The second-order valence-corrected chi connectivity index (χ2v) is 5.37. The second kappa shape index (κ2) is 5.98. The molecule has 0 radical (unpaired) electrons. The number of carbonyl (C=O) groups is 2. The topological polar surface area (TPSA) is 81.4 Å². The van der Waals surface area contributed by atoms with Gasteiger partial charge in [-0.2, -0.15) is 4.98 Å². The Kier molecular flexibility index (Phi) is 3.88. The van der Waals surface area contributed by atoms with Crippen LogP contribution in [0.25, 0.3) is 10.4 Å². The number of anilines is 1. The standard InChI is InChI=1S/C15H12N2O4S/c1-2-20-14(19)10-8-11-13(21-10)17-15(22-11)16-12(18)9-6-4-3-5-7-9/h3-8H,2H2,1H3,(H,16,17,18). The van der Waals surface area contributed by atoms with Crippen LogP contribution in [-0.4, -0.2) is 23.5 Å². The number of fused-ring (bicyclic) bond motifs is 1. The highest BCUT2D eigenvalue weighted by atomic mass is 32.1. The van der Waals surface area contributed by atoms with E-state index in [-0.39, 0.29) is 18.3 Å². The lowest BCUT2D eigenvalue weighted by Gasteiger charge is -2.00. The highest BCUT2D eigenvalue weighted by molar-refractivity contribution is 7.22. The third kappa shape index (κ3) is 2.84. The van der Waals surface area contributed by atoms with Gasteiger partial charge in [-0.15, -0.1) is 0 Å². The van der Waals surface area contributed by atoms with Crippen molar-refractivity contribution < 1.29 is 18.7 Å². The van der Waals surface area contributed by atoms with Gasteiger partial charge in [-0.3, -0.25) is 10.1 Å². The van der Waals surface area contributed by atoms with Gasteiger partial charge in [-0.1, -0.05) is 29.5 Å². The van der Waals surface area contributed by atoms with E-state index in [0.717, 1.165) is 0 Å². The van der Waals surface area contributed by atoms with Gasteiger partial charge in [0.05, 0.1) is 11.3 Å². The number of amides is 1. The van der Waals surface area contributed by atoms with Gasteiger partial charge in [0, 0.05) is 11.6 Å². The maximum absolute atomic E-state index is 12.0. The van der Waals surface area contributed by atoms with Crippen LogP contribution in [0.1, 0.15) is 27.8 Å². The van der Waals surface area contributed by atoms with Gasteiger partial charge >= 0.3 is 5.97 Å². The van der Waals surface area contributed by atoms with Gasteiger partial charge in [0.1, 0.15) is 0 Å². The molecule has 0 aliphatic heterocycles. The summed E-state index contributed by atoms with van der Waals surface area (Å²) < 4.78 is 10.9. The number of furan rings is 1. The summed E-state index contributed by atoms with van der Waals surface area (Å²) in [5.74, 6) is -0.665. The molecule has 2 aromatic heterocycles. The van der Waals surface area contributed by atoms with Crippen LogP contribution in [0.3, 0.4) is 0 Å². The second-order valence-electron chi connectivity index (χ2n) is 4.34. The molecule has 1 amide bonds. The van der Waals surface area contributed by atoms with Crippen LogP contribution in [-0.2, 0) is 4.74 Å². The van der Waals surface area contributed by atoms with E-state index in [1.54, 1.807) is 37.3 Å². The number of thiazole rings is 1. The molecule has 0 saturated heterocycles. The van der Waals surface area contributed by atoms with Gasteiger partial charge in [0.2, 0.25) is 11.5 Å². The zero-order valence-electron chi connectivity index (χ0n) is 11.7. The highest BCUT2D eigenvalue weighted by Gasteiger charge is 2.17. The van der Waals surface area contributed by atoms with Crippen LogP contribution in [0.2, 0.25) is 0 Å². The van der Waals surface area contributed by atoms with E-state index in [4.69, 9.17) is 9.15 Å². The van der Waals surface area contributed by atoms with E-state index in [0.29, 0.717) is 21.1 Å². The van der Waals surface area contributed by atoms with Crippen molar-refractivity contribution in [2.75, 3.05) is 11.9 Å². The quantitative estimate of drug-likeness (QED) is 0.747. The zero-order chi connectivity index (χ0) is 15.5. The van der Waals surface area contributed by atoms with Gasteiger partial charge in [0.25, 0.3) is 5.91 Å². The van der Waals surface area contributed by atoms with Crippen molar-refractivity contribution in [2.45, 2.75) is 6.92 Å². The molecule has 1 N–H and O–H groups in total. The Bertz CT molecular complexity index is 791. The summed E-state index contributed by atoms with van der Waals surface area (Å²) in [6, 6.07) is 10.4. The number of hydrogen-bond acceptors (Lipinski definition) is 6. The number of esters is 1. The molecule has 0 bridgehead atoms. The van der Waals surface area contributed by atoms with Crippen LogP contribution in [0.4, 0.5) is 5.13 Å². The summed E-state index contributed by atoms with van der Waals surface area (Å²) >= 11 is 1.23. The van der Waals surface area contributed by atoms with Crippen LogP contribution in [0.5, 0.6) is 0 Å². The van der Waals surface area contributed by atoms with E-state index in [2.05, 4.69) is 10.3 Å². The Morgan fingerprint density at radius 2 is 2.09 bits per heavy atom. The van der Waals surface area contributed by atoms with Crippen LogP contribution >= 0.6 is 11.3 Å². The molecular weight excluding hydrogens is 304 g/mol. The zero-order valence-corrected chi connectivity index (χ0v) is 12.5. The average molecular weight is 316 g/mol. The fourth-order valence-corrected chi connectivity index (χ4v) is 2.67. The Morgan fingerprint density at radius 1 is 1.32 bits per heavy atom. The first kappa shape index (κ1) is 14.3. The molecule has 6 nitrogen and oxygen atoms in total. The van der Waals surface area contributed by atoms with Crippen molar-refractivity contribution in [3.8, 4) is 0 Å². The molecule has 0 unspecified atom stereocenters. The Balaban J connectivity index is 1.77. The molecular formula is C15H12N2O4S. The predicted octanol–water partition coefficient (Wildman–Crippen LogP) is 3.32. The Hall–Kier alpha value is -2.67. The number of rotatable bonds is 4. The van der Waals surface area contributed by atoms with Crippen molar-refractivity contribution in [1.82, 2.24) is 4.98 Å². The smallest absolute Gasteiger partial charge is 0.374 e. The Labute approximate surface area is 129 Å². The lowest BCUT2D eigenvalue weighted by molar-refractivity contribution is 0.0492. The van der Waals surface area contributed by atoms with Gasteiger partial charge in [-0.25, -0.2) is 4.79 Å². The maximum Gasteiger partial charge on any atom is 0.374 e. The lowest BCUT2D eigenvalue weighted by Crippen LogP contribution is -2.11. The summed E-state index contributed by atoms with van der Waals surface area (Å²) in [5, 5.41) is 3.11. The predicted molar refractivity (Wildman–Crippen MR) is 82.2 cm³/mol. The summed E-state index contributed by atoms with van der Waals surface area (Å²) in [6.45, 7) is 2.00. The summed E-state index contributed by atoms with van der Waals surface area (Å²) in [7, 11) is 0. The number of hydrogen-bond donors (Lipinski definition) is 1. The van der Waals surface area contributed by atoms with Crippen molar-refractivity contribution in [1.29, 1.82) is 0 Å². The average Bonchev–Trinajstić information content (AvgIpc) is 3.06.